The van der Waals surface area contributed by atoms with Gasteiger partial charge in [-0.1, -0.05) is 30.3 Å². The fraction of sp³-hybridized carbons (Fsp3) is 0.381. The van der Waals surface area contributed by atoms with Crippen LogP contribution in [0.25, 0.3) is 0 Å². The van der Waals surface area contributed by atoms with Crippen LogP contribution in [-0.4, -0.2) is 49.3 Å². The molecule has 1 aliphatic heterocycles. The topological polar surface area (TPSA) is 35.6 Å². The number of carbonyl (C=O) groups is 1. The molecule has 0 saturated carbocycles. The average Bonchev–Trinajstić information content (AvgIpc) is 2.68. The molecule has 2 aromatic rings. The molecule has 0 aromatic heterocycles. The van der Waals surface area contributed by atoms with Crippen LogP contribution in [0, 0.1) is 0 Å². The normalized spacial score (nSPS) is 16.3. The second kappa shape index (κ2) is 9.10. The largest absolute Gasteiger partial charge is 0.369 e. The summed E-state index contributed by atoms with van der Waals surface area (Å²) < 4.78 is 0. The van der Waals surface area contributed by atoms with Crippen molar-refractivity contribution < 1.29 is 4.79 Å². The van der Waals surface area contributed by atoms with Crippen LogP contribution in [0.5, 0.6) is 0 Å². The van der Waals surface area contributed by atoms with E-state index in [2.05, 4.69) is 46.4 Å². The van der Waals surface area contributed by atoms with E-state index in [-0.39, 0.29) is 11.2 Å². The fourth-order valence-electron chi connectivity index (χ4n) is 2.98. The molecule has 1 fully saturated rings. The lowest BCUT2D eigenvalue weighted by Crippen LogP contribution is -2.44. The Hall–Kier alpha value is -1.98. The third-order valence-corrected chi connectivity index (χ3v) is 5.81. The summed E-state index contributed by atoms with van der Waals surface area (Å²) in [6.45, 7) is 6.87. The number of amides is 1. The Morgan fingerprint density at radius 2 is 1.69 bits per heavy atom. The number of likely N-dealkylation sites (N-methyl/N-ethyl adjacent to an activating group) is 1. The first-order valence-corrected chi connectivity index (χ1v) is 10.0. The van der Waals surface area contributed by atoms with E-state index in [0.717, 1.165) is 36.6 Å². The third kappa shape index (κ3) is 5.26. The third-order valence-electron chi connectivity index (χ3n) is 4.70. The van der Waals surface area contributed by atoms with E-state index >= 15 is 0 Å². The van der Waals surface area contributed by atoms with Crippen LogP contribution < -0.4 is 10.2 Å². The smallest absolute Gasteiger partial charge is 0.233 e. The summed E-state index contributed by atoms with van der Waals surface area (Å²) >= 11 is 1.59. The van der Waals surface area contributed by atoms with Crippen molar-refractivity contribution in [2.75, 3.05) is 38.1 Å². The van der Waals surface area contributed by atoms with E-state index in [1.165, 1.54) is 5.69 Å². The first-order valence-electron chi connectivity index (χ1n) is 9.13. The van der Waals surface area contributed by atoms with Gasteiger partial charge in [-0.15, -0.1) is 11.8 Å². The van der Waals surface area contributed by atoms with E-state index in [4.69, 9.17) is 0 Å². The van der Waals surface area contributed by atoms with E-state index in [0.29, 0.717) is 6.54 Å². The molecule has 1 saturated heterocycles. The predicted octanol–water partition coefficient (Wildman–Crippen LogP) is 3.24. The van der Waals surface area contributed by atoms with Gasteiger partial charge in [0.1, 0.15) is 0 Å². The van der Waals surface area contributed by atoms with Crippen molar-refractivity contribution in [1.29, 1.82) is 0 Å². The van der Waals surface area contributed by atoms with E-state index in [9.17, 15) is 4.79 Å². The highest BCUT2D eigenvalue weighted by Crippen LogP contribution is 2.23. The van der Waals surface area contributed by atoms with E-state index < -0.39 is 0 Å². The van der Waals surface area contributed by atoms with Crippen molar-refractivity contribution in [1.82, 2.24) is 10.2 Å². The molecule has 1 atom stereocenters. The standard InChI is InChI=1S/C21H27N3OS/c1-17(26-20-6-4-3-5-7-20)21(25)22-16-18-8-10-19(11-9-18)24-14-12-23(2)13-15-24/h3-11,17H,12-16H2,1-2H3,(H,22,25). The molecule has 4 nitrogen and oxygen atoms in total. The quantitative estimate of drug-likeness (QED) is 0.793. The zero-order valence-electron chi connectivity index (χ0n) is 15.5. The summed E-state index contributed by atoms with van der Waals surface area (Å²) in [5.41, 5.74) is 2.40. The molecule has 0 aliphatic carbocycles. The zero-order valence-corrected chi connectivity index (χ0v) is 16.3. The SMILES string of the molecule is CC(Sc1ccccc1)C(=O)NCc1ccc(N2CCN(C)CC2)cc1. The summed E-state index contributed by atoms with van der Waals surface area (Å²) in [5.74, 6) is 0.0713. The van der Waals surface area contributed by atoms with Crippen molar-refractivity contribution in [2.45, 2.75) is 23.6 Å². The average molecular weight is 370 g/mol. The van der Waals surface area contributed by atoms with Crippen molar-refractivity contribution in [3.63, 3.8) is 0 Å². The highest BCUT2D eigenvalue weighted by molar-refractivity contribution is 8.00. The first-order chi connectivity index (χ1) is 12.6. The number of nitrogens with one attached hydrogen (secondary N) is 1. The summed E-state index contributed by atoms with van der Waals surface area (Å²) in [6.07, 6.45) is 0. The Morgan fingerprint density at radius 3 is 2.35 bits per heavy atom. The minimum Gasteiger partial charge on any atom is -0.369 e. The summed E-state index contributed by atoms with van der Waals surface area (Å²) in [6, 6.07) is 18.6. The number of anilines is 1. The number of thioether (sulfide) groups is 1. The molecule has 1 N–H and O–H groups in total. The maximum absolute atomic E-state index is 12.3. The summed E-state index contributed by atoms with van der Waals surface area (Å²) in [5, 5.41) is 2.93. The number of hydrogen-bond donors (Lipinski definition) is 1. The Balaban J connectivity index is 1.47. The van der Waals surface area contributed by atoms with Gasteiger partial charge in [0.15, 0.2) is 0 Å². The highest BCUT2D eigenvalue weighted by Gasteiger charge is 2.15. The highest BCUT2D eigenvalue weighted by atomic mass is 32.2. The predicted molar refractivity (Wildman–Crippen MR) is 110 cm³/mol. The van der Waals surface area contributed by atoms with Gasteiger partial charge in [-0.25, -0.2) is 0 Å². The number of piperazine rings is 1. The second-order valence-electron chi connectivity index (χ2n) is 6.75. The van der Waals surface area contributed by atoms with Gasteiger partial charge in [-0.2, -0.15) is 0 Å². The van der Waals surface area contributed by atoms with Crippen LogP contribution in [0.15, 0.2) is 59.5 Å². The molecule has 3 rings (SSSR count). The van der Waals surface area contributed by atoms with Gasteiger partial charge in [-0.3, -0.25) is 4.79 Å². The Bertz CT molecular complexity index is 697. The minimum atomic E-state index is -0.109. The zero-order chi connectivity index (χ0) is 18.4. The number of hydrogen-bond acceptors (Lipinski definition) is 4. The first kappa shape index (κ1) is 18.8. The molecule has 5 heteroatoms. The summed E-state index contributed by atoms with van der Waals surface area (Å²) in [4.78, 5) is 18.2. The molecule has 1 amide bonds. The Morgan fingerprint density at radius 1 is 1.04 bits per heavy atom. The van der Waals surface area contributed by atoms with Gasteiger partial charge in [-0.05, 0) is 43.8 Å². The van der Waals surface area contributed by atoms with Crippen LogP contribution in [0.1, 0.15) is 12.5 Å². The number of benzene rings is 2. The monoisotopic (exact) mass is 369 g/mol. The van der Waals surface area contributed by atoms with Crippen LogP contribution in [-0.2, 0) is 11.3 Å². The number of nitrogens with zero attached hydrogens (tertiary/aromatic N) is 2. The van der Waals surface area contributed by atoms with Crippen LogP contribution in [0.3, 0.4) is 0 Å². The van der Waals surface area contributed by atoms with Gasteiger partial charge in [0.2, 0.25) is 5.91 Å². The fourth-order valence-corrected chi connectivity index (χ4v) is 3.89. The molecular weight excluding hydrogens is 342 g/mol. The van der Waals surface area contributed by atoms with Gasteiger partial charge in [0.25, 0.3) is 0 Å². The van der Waals surface area contributed by atoms with Gasteiger partial charge in [0.05, 0.1) is 5.25 Å². The molecule has 26 heavy (non-hydrogen) atoms. The van der Waals surface area contributed by atoms with E-state index in [1.54, 1.807) is 11.8 Å². The van der Waals surface area contributed by atoms with Gasteiger partial charge >= 0.3 is 0 Å². The molecule has 2 aromatic carbocycles. The lowest BCUT2D eigenvalue weighted by molar-refractivity contribution is -0.120. The lowest BCUT2D eigenvalue weighted by Gasteiger charge is -2.34. The van der Waals surface area contributed by atoms with Crippen LogP contribution >= 0.6 is 11.8 Å². The van der Waals surface area contributed by atoms with Crippen LogP contribution in [0.2, 0.25) is 0 Å². The van der Waals surface area contributed by atoms with Gasteiger partial charge < -0.3 is 15.1 Å². The maximum Gasteiger partial charge on any atom is 0.233 e. The summed E-state index contributed by atoms with van der Waals surface area (Å²) in [7, 11) is 2.17. The Labute approximate surface area is 160 Å². The molecule has 138 valence electrons. The van der Waals surface area contributed by atoms with Gasteiger partial charge in [0, 0.05) is 43.3 Å². The van der Waals surface area contributed by atoms with E-state index in [1.807, 2.05) is 37.3 Å². The van der Waals surface area contributed by atoms with Crippen LogP contribution in [0.4, 0.5) is 5.69 Å². The maximum atomic E-state index is 12.3. The molecule has 1 heterocycles. The molecule has 0 bridgehead atoms. The second-order valence-corrected chi connectivity index (χ2v) is 8.16. The minimum absolute atomic E-state index is 0.0713. The lowest BCUT2D eigenvalue weighted by atomic mass is 10.1. The van der Waals surface area contributed by atoms with Crippen molar-refractivity contribution >= 4 is 23.4 Å². The number of rotatable bonds is 6. The molecule has 0 spiro atoms. The van der Waals surface area contributed by atoms with Crippen molar-refractivity contribution in [2.24, 2.45) is 0 Å². The molecule has 1 unspecified atom stereocenters. The Kier molecular flexibility index (Phi) is 6.58. The number of carbonyl (C=O) groups excluding carboxylic acids is 1. The molecular formula is C21H27N3OS. The van der Waals surface area contributed by atoms with Crippen molar-refractivity contribution in [3.8, 4) is 0 Å². The molecule has 1 aliphatic rings. The van der Waals surface area contributed by atoms with Crippen molar-refractivity contribution in [3.05, 3.63) is 60.2 Å². The molecule has 0 radical (unpaired) electrons.